The monoisotopic (exact) mass is 502 g/mol. The van der Waals surface area contributed by atoms with Gasteiger partial charge >= 0.3 is 11.9 Å². The van der Waals surface area contributed by atoms with Gasteiger partial charge in [-0.05, 0) is 31.7 Å². The van der Waals surface area contributed by atoms with Crippen LogP contribution in [0.4, 0.5) is 0 Å². The van der Waals surface area contributed by atoms with Gasteiger partial charge in [0.1, 0.15) is 6.61 Å². The molecule has 36 heavy (non-hydrogen) atoms. The summed E-state index contributed by atoms with van der Waals surface area (Å²) in [5.74, 6) is -0.914. The van der Waals surface area contributed by atoms with Crippen molar-refractivity contribution in [3.8, 4) is 0 Å². The minimum Gasteiger partial charge on any atom is -0.465 e. The van der Waals surface area contributed by atoms with Crippen molar-refractivity contribution in [2.24, 2.45) is 5.41 Å². The Balaban J connectivity index is 2.14. The van der Waals surface area contributed by atoms with Crippen LogP contribution in [0, 0.1) is 12.3 Å². The van der Waals surface area contributed by atoms with Crippen LogP contribution in [0.25, 0.3) is 0 Å². The summed E-state index contributed by atoms with van der Waals surface area (Å²) in [6, 6.07) is 7.86. The van der Waals surface area contributed by atoms with E-state index in [0.29, 0.717) is 19.4 Å². The van der Waals surface area contributed by atoms with Crippen LogP contribution in [0.5, 0.6) is 0 Å². The average molecular weight is 503 g/mol. The number of esters is 2. The van der Waals surface area contributed by atoms with Gasteiger partial charge in [-0.1, -0.05) is 140 Å². The Labute approximate surface area is 221 Å². The molecule has 1 aromatic carbocycles. The molecule has 0 amide bonds. The van der Waals surface area contributed by atoms with E-state index in [-0.39, 0.29) is 6.61 Å². The zero-order valence-corrected chi connectivity index (χ0v) is 23.9. The number of hydrogen-bond donors (Lipinski definition) is 0. The molecule has 0 saturated heterocycles. The van der Waals surface area contributed by atoms with Gasteiger partial charge in [-0.25, -0.2) is 0 Å². The molecule has 0 heterocycles. The second-order valence-corrected chi connectivity index (χ2v) is 10.4. The molecule has 0 aliphatic heterocycles. The number of ether oxygens (including phenoxy) is 2. The van der Waals surface area contributed by atoms with Gasteiger partial charge in [0.2, 0.25) is 0 Å². The molecule has 1 aromatic rings. The summed E-state index contributed by atoms with van der Waals surface area (Å²) in [6.07, 6.45) is 20.3. The van der Waals surface area contributed by atoms with Crippen molar-refractivity contribution in [1.29, 1.82) is 0 Å². The standard InChI is InChI=1S/C32H54O4/c1-5-8-9-10-11-12-13-14-15-16-17-18-19-20-21-25-35-30(33)32(6-2,7-3)31(34)36-27-29-24-22-23-28(4)26-29/h22-24,26H,5-21,25,27H2,1-4H3. The minimum absolute atomic E-state index is 0.175. The maximum Gasteiger partial charge on any atom is 0.323 e. The molecule has 0 aliphatic carbocycles. The van der Waals surface area contributed by atoms with Crippen molar-refractivity contribution in [3.63, 3.8) is 0 Å². The van der Waals surface area contributed by atoms with E-state index in [0.717, 1.165) is 24.0 Å². The van der Waals surface area contributed by atoms with E-state index in [2.05, 4.69) is 6.92 Å². The zero-order chi connectivity index (χ0) is 26.5. The van der Waals surface area contributed by atoms with Gasteiger partial charge in [0.05, 0.1) is 6.61 Å². The highest BCUT2D eigenvalue weighted by Crippen LogP contribution is 2.31. The predicted molar refractivity (Wildman–Crippen MR) is 150 cm³/mol. The van der Waals surface area contributed by atoms with Crippen LogP contribution in [-0.2, 0) is 25.7 Å². The van der Waals surface area contributed by atoms with E-state index in [9.17, 15) is 9.59 Å². The highest BCUT2D eigenvalue weighted by atomic mass is 16.6. The summed E-state index contributed by atoms with van der Waals surface area (Å²) < 4.78 is 11.1. The van der Waals surface area contributed by atoms with Crippen molar-refractivity contribution in [2.45, 2.75) is 143 Å². The van der Waals surface area contributed by atoms with Crippen molar-refractivity contribution < 1.29 is 19.1 Å². The van der Waals surface area contributed by atoms with Crippen molar-refractivity contribution in [3.05, 3.63) is 35.4 Å². The molecular formula is C32H54O4. The smallest absolute Gasteiger partial charge is 0.323 e. The summed E-state index contributed by atoms with van der Waals surface area (Å²) in [5, 5.41) is 0. The average Bonchev–Trinajstić information content (AvgIpc) is 2.88. The molecule has 0 N–H and O–H groups in total. The fourth-order valence-electron chi connectivity index (χ4n) is 4.78. The molecule has 0 fully saturated rings. The quantitative estimate of drug-likeness (QED) is 0.0900. The summed E-state index contributed by atoms with van der Waals surface area (Å²) in [7, 11) is 0. The van der Waals surface area contributed by atoms with Gasteiger partial charge in [-0.2, -0.15) is 0 Å². The Bertz CT molecular complexity index is 708. The third-order valence-corrected chi connectivity index (χ3v) is 7.42. The van der Waals surface area contributed by atoms with E-state index >= 15 is 0 Å². The summed E-state index contributed by atoms with van der Waals surface area (Å²) >= 11 is 0. The summed E-state index contributed by atoms with van der Waals surface area (Å²) in [4.78, 5) is 25.7. The van der Waals surface area contributed by atoms with Crippen LogP contribution in [0.15, 0.2) is 24.3 Å². The molecule has 4 nitrogen and oxygen atoms in total. The number of carbonyl (C=O) groups is 2. The molecule has 0 spiro atoms. The molecule has 206 valence electrons. The fourth-order valence-corrected chi connectivity index (χ4v) is 4.78. The molecule has 0 aliphatic rings. The molecule has 0 saturated carbocycles. The van der Waals surface area contributed by atoms with Gasteiger partial charge in [0.15, 0.2) is 5.41 Å². The Kier molecular flexibility index (Phi) is 18.1. The zero-order valence-electron chi connectivity index (χ0n) is 23.9. The first-order chi connectivity index (χ1) is 17.5. The highest BCUT2D eigenvalue weighted by molar-refractivity contribution is 5.99. The van der Waals surface area contributed by atoms with Crippen molar-refractivity contribution in [1.82, 2.24) is 0 Å². The lowest BCUT2D eigenvalue weighted by Crippen LogP contribution is -2.41. The topological polar surface area (TPSA) is 52.6 Å². The normalized spacial score (nSPS) is 11.4. The van der Waals surface area contributed by atoms with Gasteiger partial charge in [-0.15, -0.1) is 0 Å². The van der Waals surface area contributed by atoms with E-state index in [1.54, 1.807) is 0 Å². The number of carbonyl (C=O) groups excluding carboxylic acids is 2. The number of benzene rings is 1. The molecular weight excluding hydrogens is 448 g/mol. The molecule has 4 heteroatoms. The van der Waals surface area contributed by atoms with E-state index in [4.69, 9.17) is 9.47 Å². The molecule has 0 unspecified atom stereocenters. The van der Waals surface area contributed by atoms with Crippen LogP contribution < -0.4 is 0 Å². The maximum atomic E-state index is 12.9. The lowest BCUT2D eigenvalue weighted by Gasteiger charge is -2.27. The van der Waals surface area contributed by atoms with Crippen LogP contribution in [0.2, 0.25) is 0 Å². The number of aryl methyl sites for hydroxylation is 1. The van der Waals surface area contributed by atoms with E-state index in [1.165, 1.54) is 83.5 Å². The Hall–Kier alpha value is -1.84. The molecule has 0 atom stereocenters. The first kappa shape index (κ1) is 32.2. The number of unbranched alkanes of at least 4 members (excludes halogenated alkanes) is 14. The minimum atomic E-state index is -1.21. The van der Waals surface area contributed by atoms with Gasteiger partial charge < -0.3 is 9.47 Å². The lowest BCUT2D eigenvalue weighted by atomic mass is 9.82. The van der Waals surface area contributed by atoms with Crippen LogP contribution in [0.1, 0.15) is 141 Å². The fraction of sp³-hybridized carbons (Fsp3) is 0.750. The van der Waals surface area contributed by atoms with Crippen LogP contribution in [-0.4, -0.2) is 18.5 Å². The first-order valence-corrected chi connectivity index (χ1v) is 14.9. The Morgan fingerprint density at radius 3 is 1.61 bits per heavy atom. The SMILES string of the molecule is CCCCCCCCCCCCCCCCCOC(=O)C(CC)(CC)C(=O)OCc1cccc(C)c1. The second-order valence-electron chi connectivity index (χ2n) is 10.4. The highest BCUT2D eigenvalue weighted by Gasteiger charge is 2.45. The van der Waals surface area contributed by atoms with E-state index < -0.39 is 17.4 Å². The van der Waals surface area contributed by atoms with Crippen LogP contribution in [0.3, 0.4) is 0 Å². The number of rotatable bonds is 22. The van der Waals surface area contributed by atoms with Crippen LogP contribution >= 0.6 is 0 Å². The molecule has 1 rings (SSSR count). The van der Waals surface area contributed by atoms with Crippen molar-refractivity contribution >= 4 is 11.9 Å². The number of hydrogen-bond acceptors (Lipinski definition) is 4. The maximum absolute atomic E-state index is 12.9. The largest absolute Gasteiger partial charge is 0.465 e. The van der Waals surface area contributed by atoms with E-state index in [1.807, 2.05) is 45.0 Å². The van der Waals surface area contributed by atoms with Gasteiger partial charge in [-0.3, -0.25) is 9.59 Å². The lowest BCUT2D eigenvalue weighted by molar-refractivity contribution is -0.174. The summed E-state index contributed by atoms with van der Waals surface area (Å²) in [5.41, 5.74) is 0.832. The third kappa shape index (κ3) is 12.9. The second kappa shape index (κ2) is 20.2. The summed E-state index contributed by atoms with van der Waals surface area (Å²) in [6.45, 7) is 8.54. The molecule has 0 aromatic heterocycles. The third-order valence-electron chi connectivity index (χ3n) is 7.42. The van der Waals surface area contributed by atoms with Crippen molar-refractivity contribution in [2.75, 3.05) is 6.61 Å². The molecule has 0 radical (unpaired) electrons. The van der Waals surface area contributed by atoms with Gasteiger partial charge in [0, 0.05) is 0 Å². The van der Waals surface area contributed by atoms with Gasteiger partial charge in [0.25, 0.3) is 0 Å². The Morgan fingerprint density at radius 1 is 0.667 bits per heavy atom. The first-order valence-electron chi connectivity index (χ1n) is 14.9. The molecule has 0 bridgehead atoms. The predicted octanol–water partition coefficient (Wildman–Crippen LogP) is 9.26. The Morgan fingerprint density at radius 2 is 1.14 bits per heavy atom.